The highest BCUT2D eigenvalue weighted by atomic mass is 16.7. The Morgan fingerprint density at radius 1 is 1.07 bits per heavy atom. The number of pyridine rings is 1. The molecule has 3 heterocycles. The Hall–Kier alpha value is -2.77. The molecule has 1 N–H and O–H groups in total. The number of anilines is 1. The lowest BCUT2D eigenvalue weighted by molar-refractivity contribution is -0.181. The highest BCUT2D eigenvalue weighted by Gasteiger charge is 2.41. The van der Waals surface area contributed by atoms with Crippen LogP contribution in [0.3, 0.4) is 0 Å². The molecule has 0 bridgehead atoms. The number of nitrogens with zero attached hydrogens (tertiary/aromatic N) is 2. The molecule has 28 heavy (non-hydrogen) atoms. The Morgan fingerprint density at radius 2 is 1.75 bits per heavy atom. The molecule has 2 amide bonds. The molecule has 2 saturated heterocycles. The lowest BCUT2D eigenvalue weighted by Gasteiger charge is -2.37. The quantitative estimate of drug-likeness (QED) is 0.884. The Bertz CT molecular complexity index is 865. The molecular weight excluding hydrogens is 358 g/mol. The van der Waals surface area contributed by atoms with Crippen molar-refractivity contribution >= 4 is 17.5 Å². The van der Waals surface area contributed by atoms with Gasteiger partial charge in [0.2, 0.25) is 0 Å². The molecule has 0 unspecified atom stereocenters. The summed E-state index contributed by atoms with van der Waals surface area (Å²) < 4.78 is 11.4. The third-order valence-corrected chi connectivity index (χ3v) is 5.18. The number of aromatic nitrogens is 1. The largest absolute Gasteiger partial charge is 0.347 e. The van der Waals surface area contributed by atoms with Gasteiger partial charge in [-0.05, 0) is 31.2 Å². The minimum atomic E-state index is -0.528. The summed E-state index contributed by atoms with van der Waals surface area (Å²) in [6, 6.07) is 10.7. The van der Waals surface area contributed by atoms with E-state index in [4.69, 9.17) is 9.47 Å². The van der Waals surface area contributed by atoms with Crippen LogP contribution in [0.1, 0.15) is 39.3 Å². The maximum absolute atomic E-state index is 12.8. The van der Waals surface area contributed by atoms with Crippen molar-refractivity contribution < 1.29 is 19.1 Å². The lowest BCUT2D eigenvalue weighted by atomic mass is 10.0. The highest BCUT2D eigenvalue weighted by molar-refractivity contribution is 6.05. The van der Waals surface area contributed by atoms with Gasteiger partial charge in [0.05, 0.1) is 13.2 Å². The number of rotatable bonds is 3. The predicted molar refractivity (Wildman–Crippen MR) is 103 cm³/mol. The number of benzene rings is 1. The summed E-state index contributed by atoms with van der Waals surface area (Å²) in [7, 11) is 0. The molecule has 7 heteroatoms. The van der Waals surface area contributed by atoms with E-state index < -0.39 is 5.79 Å². The molecule has 4 rings (SSSR count). The van der Waals surface area contributed by atoms with Crippen molar-refractivity contribution in [1.29, 1.82) is 0 Å². The second-order valence-electron chi connectivity index (χ2n) is 7.15. The number of aryl methyl sites for hydroxylation is 1. The third-order valence-electron chi connectivity index (χ3n) is 5.18. The molecule has 2 fully saturated rings. The fraction of sp³-hybridized carbons (Fsp3) is 0.381. The van der Waals surface area contributed by atoms with Crippen LogP contribution >= 0.6 is 0 Å². The fourth-order valence-corrected chi connectivity index (χ4v) is 3.53. The monoisotopic (exact) mass is 381 g/mol. The van der Waals surface area contributed by atoms with E-state index in [2.05, 4.69) is 10.3 Å². The number of hydrogen-bond donors (Lipinski definition) is 1. The first-order valence-electron chi connectivity index (χ1n) is 9.46. The van der Waals surface area contributed by atoms with E-state index in [0.717, 1.165) is 5.56 Å². The number of piperidine rings is 1. The molecular formula is C21H23N3O4. The first-order valence-corrected chi connectivity index (χ1v) is 9.46. The number of amides is 2. The van der Waals surface area contributed by atoms with Crippen LogP contribution in [-0.2, 0) is 9.47 Å². The van der Waals surface area contributed by atoms with Crippen LogP contribution in [0.15, 0.2) is 42.6 Å². The maximum atomic E-state index is 12.8. The van der Waals surface area contributed by atoms with Crippen LogP contribution in [0, 0.1) is 6.92 Å². The Balaban J connectivity index is 1.42. The van der Waals surface area contributed by atoms with Gasteiger partial charge in [-0.15, -0.1) is 0 Å². The van der Waals surface area contributed by atoms with Gasteiger partial charge in [-0.2, -0.15) is 0 Å². The van der Waals surface area contributed by atoms with E-state index in [9.17, 15) is 9.59 Å². The Morgan fingerprint density at radius 3 is 2.43 bits per heavy atom. The van der Waals surface area contributed by atoms with Gasteiger partial charge in [0.1, 0.15) is 5.69 Å². The summed E-state index contributed by atoms with van der Waals surface area (Å²) in [5.74, 6) is -0.983. The van der Waals surface area contributed by atoms with Gasteiger partial charge in [-0.1, -0.05) is 17.7 Å². The third kappa shape index (κ3) is 3.90. The molecule has 2 aliphatic rings. The number of hydrogen-bond acceptors (Lipinski definition) is 5. The molecule has 2 aromatic rings. The van der Waals surface area contributed by atoms with Crippen LogP contribution in [0.2, 0.25) is 0 Å². The smallest absolute Gasteiger partial charge is 0.272 e. The molecule has 1 aromatic heterocycles. The molecule has 0 aliphatic carbocycles. The second-order valence-corrected chi connectivity index (χ2v) is 7.15. The number of carbonyl (C=O) groups excluding carboxylic acids is 2. The molecule has 7 nitrogen and oxygen atoms in total. The summed E-state index contributed by atoms with van der Waals surface area (Å²) in [6.07, 6.45) is 2.78. The van der Waals surface area contributed by atoms with Crippen molar-refractivity contribution in [3.05, 3.63) is 59.4 Å². The topological polar surface area (TPSA) is 80.8 Å². The van der Waals surface area contributed by atoms with Crippen LogP contribution in [0.4, 0.5) is 5.69 Å². The fourth-order valence-electron chi connectivity index (χ4n) is 3.53. The highest BCUT2D eigenvalue weighted by Crippen LogP contribution is 2.31. The van der Waals surface area contributed by atoms with Gasteiger partial charge in [0, 0.05) is 43.4 Å². The van der Waals surface area contributed by atoms with E-state index in [1.54, 1.807) is 17.0 Å². The van der Waals surface area contributed by atoms with E-state index in [1.807, 2.05) is 31.2 Å². The summed E-state index contributed by atoms with van der Waals surface area (Å²) in [6.45, 7) is 4.28. The van der Waals surface area contributed by atoms with Crippen molar-refractivity contribution in [2.45, 2.75) is 25.6 Å². The van der Waals surface area contributed by atoms with Crippen LogP contribution in [-0.4, -0.2) is 53.8 Å². The molecule has 146 valence electrons. The summed E-state index contributed by atoms with van der Waals surface area (Å²) >= 11 is 0. The van der Waals surface area contributed by atoms with Crippen molar-refractivity contribution in [1.82, 2.24) is 9.88 Å². The van der Waals surface area contributed by atoms with E-state index >= 15 is 0 Å². The van der Waals surface area contributed by atoms with E-state index in [1.165, 1.54) is 6.20 Å². The summed E-state index contributed by atoms with van der Waals surface area (Å²) in [5.41, 5.74) is 2.49. The normalized spacial score (nSPS) is 18.2. The second kappa shape index (κ2) is 7.69. The number of nitrogens with one attached hydrogen (secondary N) is 1. The standard InChI is InChI=1S/C21H23N3O4/c1-15-2-4-17(5-3-15)23-19(25)16-6-9-22-18(14-16)20(26)24-10-7-21(8-11-24)27-12-13-28-21/h2-6,9,14H,7-8,10-13H2,1H3,(H,23,25). The molecule has 1 spiro atoms. The number of carbonyl (C=O) groups is 2. The predicted octanol–water partition coefficient (Wildman–Crippen LogP) is 2.62. The zero-order valence-electron chi connectivity index (χ0n) is 15.8. The lowest BCUT2D eigenvalue weighted by Crippen LogP contribution is -2.47. The van der Waals surface area contributed by atoms with Gasteiger partial charge in [0.15, 0.2) is 5.79 Å². The first-order chi connectivity index (χ1) is 13.5. The SMILES string of the molecule is Cc1ccc(NC(=O)c2ccnc(C(=O)N3CCC4(CC3)OCCO4)c2)cc1. The molecule has 0 saturated carbocycles. The molecule has 1 aromatic carbocycles. The minimum Gasteiger partial charge on any atom is -0.347 e. The van der Waals surface area contributed by atoms with Crippen molar-refractivity contribution in [3.63, 3.8) is 0 Å². The molecule has 0 radical (unpaired) electrons. The van der Waals surface area contributed by atoms with Crippen LogP contribution in [0.25, 0.3) is 0 Å². The van der Waals surface area contributed by atoms with E-state index in [0.29, 0.717) is 50.4 Å². The zero-order chi connectivity index (χ0) is 19.6. The van der Waals surface area contributed by atoms with Gasteiger partial charge >= 0.3 is 0 Å². The van der Waals surface area contributed by atoms with Crippen LogP contribution in [0.5, 0.6) is 0 Å². The summed E-state index contributed by atoms with van der Waals surface area (Å²) in [4.78, 5) is 31.3. The van der Waals surface area contributed by atoms with Crippen molar-refractivity contribution in [2.75, 3.05) is 31.6 Å². The van der Waals surface area contributed by atoms with Gasteiger partial charge < -0.3 is 19.7 Å². The number of ether oxygens (including phenoxy) is 2. The average molecular weight is 381 g/mol. The van der Waals surface area contributed by atoms with E-state index in [-0.39, 0.29) is 17.5 Å². The first kappa shape index (κ1) is 18.6. The summed E-state index contributed by atoms with van der Waals surface area (Å²) in [5, 5.41) is 2.84. The van der Waals surface area contributed by atoms with Crippen molar-refractivity contribution in [2.24, 2.45) is 0 Å². The molecule has 0 atom stereocenters. The minimum absolute atomic E-state index is 0.183. The Kier molecular flexibility index (Phi) is 5.11. The Labute approximate surface area is 163 Å². The molecule has 2 aliphatic heterocycles. The van der Waals surface area contributed by atoms with Gasteiger partial charge in [0.25, 0.3) is 11.8 Å². The van der Waals surface area contributed by atoms with Gasteiger partial charge in [-0.3, -0.25) is 14.6 Å². The van der Waals surface area contributed by atoms with Crippen molar-refractivity contribution in [3.8, 4) is 0 Å². The maximum Gasteiger partial charge on any atom is 0.272 e. The van der Waals surface area contributed by atoms with Crippen LogP contribution < -0.4 is 5.32 Å². The number of likely N-dealkylation sites (tertiary alicyclic amines) is 1. The van der Waals surface area contributed by atoms with Gasteiger partial charge in [-0.25, -0.2) is 0 Å². The zero-order valence-corrected chi connectivity index (χ0v) is 15.8. The average Bonchev–Trinajstić information content (AvgIpc) is 3.18.